The molecule has 6 heteroatoms. The molecule has 0 spiro atoms. The zero-order valence-corrected chi connectivity index (χ0v) is 9.57. The van der Waals surface area contributed by atoms with Crippen LogP contribution in [-0.4, -0.2) is 18.1 Å². The average Bonchev–Trinajstić information content (AvgIpc) is 2.30. The molecule has 0 saturated heterocycles. The number of nitrogens with zero attached hydrogens (tertiary/aromatic N) is 1. The van der Waals surface area contributed by atoms with E-state index in [2.05, 4.69) is 5.32 Å². The summed E-state index contributed by atoms with van der Waals surface area (Å²) in [5, 5.41) is 11.8. The van der Waals surface area contributed by atoms with E-state index in [1.807, 2.05) is 6.07 Å². The Morgan fingerprint density at radius 3 is 3.12 bits per heavy atom. The SMILES string of the molecule is N#C[C@@H](N)C[C@@H]1Oc2cc(Cl)ccc2NC1=O. The minimum absolute atomic E-state index is 0.147. The van der Waals surface area contributed by atoms with Crippen LogP contribution >= 0.6 is 11.6 Å². The maximum Gasteiger partial charge on any atom is 0.265 e. The molecular formula is C11H10ClN3O2. The van der Waals surface area contributed by atoms with Crippen molar-refractivity contribution in [2.45, 2.75) is 18.6 Å². The summed E-state index contributed by atoms with van der Waals surface area (Å²) >= 11 is 5.82. The standard InChI is InChI=1S/C11H10ClN3O2/c12-6-1-2-8-9(3-6)17-10(11(16)15-8)4-7(14)5-13/h1-3,7,10H,4,14H2,(H,15,16)/t7-,10-/m0/s1. The number of nitrogens with two attached hydrogens (primary N) is 1. The second-order valence-electron chi connectivity index (χ2n) is 3.71. The van der Waals surface area contributed by atoms with E-state index >= 15 is 0 Å². The summed E-state index contributed by atoms with van der Waals surface area (Å²) in [6.45, 7) is 0. The second-order valence-corrected chi connectivity index (χ2v) is 4.14. The fraction of sp³-hybridized carbons (Fsp3) is 0.273. The van der Waals surface area contributed by atoms with Crippen LogP contribution in [0.2, 0.25) is 5.02 Å². The molecule has 2 rings (SSSR count). The zero-order valence-electron chi connectivity index (χ0n) is 8.81. The summed E-state index contributed by atoms with van der Waals surface area (Å²) in [6.07, 6.45) is -0.607. The highest BCUT2D eigenvalue weighted by molar-refractivity contribution is 6.30. The van der Waals surface area contributed by atoms with Gasteiger partial charge in [-0.1, -0.05) is 11.6 Å². The average molecular weight is 252 g/mol. The fourth-order valence-corrected chi connectivity index (χ4v) is 1.72. The summed E-state index contributed by atoms with van der Waals surface area (Å²) in [6, 6.07) is 6.06. The second kappa shape index (κ2) is 4.62. The van der Waals surface area contributed by atoms with Gasteiger partial charge in [0.15, 0.2) is 6.10 Å². The van der Waals surface area contributed by atoms with E-state index in [0.717, 1.165) is 0 Å². The normalized spacial score (nSPS) is 19.6. The smallest absolute Gasteiger partial charge is 0.265 e. The van der Waals surface area contributed by atoms with Gasteiger partial charge in [-0.3, -0.25) is 4.79 Å². The first-order chi connectivity index (χ1) is 8.10. The lowest BCUT2D eigenvalue weighted by Gasteiger charge is -2.26. The molecule has 2 atom stereocenters. The van der Waals surface area contributed by atoms with Crippen molar-refractivity contribution in [1.29, 1.82) is 5.26 Å². The van der Waals surface area contributed by atoms with Crippen molar-refractivity contribution in [2.75, 3.05) is 5.32 Å². The highest BCUT2D eigenvalue weighted by atomic mass is 35.5. The Morgan fingerprint density at radius 2 is 2.41 bits per heavy atom. The van der Waals surface area contributed by atoms with Crippen molar-refractivity contribution in [2.24, 2.45) is 5.73 Å². The Bertz CT molecular complexity index is 498. The Morgan fingerprint density at radius 1 is 1.65 bits per heavy atom. The maximum absolute atomic E-state index is 11.7. The lowest BCUT2D eigenvalue weighted by molar-refractivity contribution is -0.123. The molecule has 0 fully saturated rings. The summed E-state index contributed by atoms with van der Waals surface area (Å²) in [5.41, 5.74) is 6.04. The van der Waals surface area contributed by atoms with E-state index in [9.17, 15) is 4.79 Å². The number of rotatable bonds is 2. The number of fused-ring (bicyclic) bond motifs is 1. The number of nitrogens with one attached hydrogen (secondary N) is 1. The molecule has 1 aromatic carbocycles. The van der Waals surface area contributed by atoms with Crippen molar-refractivity contribution in [3.8, 4) is 11.8 Å². The quantitative estimate of drug-likeness (QED) is 0.829. The highest BCUT2D eigenvalue weighted by Gasteiger charge is 2.29. The van der Waals surface area contributed by atoms with Crippen LogP contribution in [0.3, 0.4) is 0 Å². The van der Waals surface area contributed by atoms with Gasteiger partial charge >= 0.3 is 0 Å². The number of amides is 1. The third kappa shape index (κ3) is 2.49. The third-order valence-electron chi connectivity index (χ3n) is 2.40. The van der Waals surface area contributed by atoms with Crippen LogP contribution in [0.5, 0.6) is 5.75 Å². The number of anilines is 1. The van der Waals surface area contributed by atoms with Crippen LogP contribution in [0.15, 0.2) is 18.2 Å². The van der Waals surface area contributed by atoms with E-state index in [1.165, 1.54) is 0 Å². The summed E-state index contributed by atoms with van der Waals surface area (Å²) < 4.78 is 5.47. The number of benzene rings is 1. The van der Waals surface area contributed by atoms with Gasteiger partial charge in [-0.2, -0.15) is 5.26 Å². The number of hydrogen-bond acceptors (Lipinski definition) is 4. The molecule has 1 amide bonds. The molecule has 0 bridgehead atoms. The Kier molecular flexibility index (Phi) is 3.18. The summed E-state index contributed by atoms with van der Waals surface area (Å²) in [7, 11) is 0. The molecule has 1 heterocycles. The lowest BCUT2D eigenvalue weighted by Crippen LogP contribution is -2.40. The van der Waals surface area contributed by atoms with Crippen LogP contribution < -0.4 is 15.8 Å². The van der Waals surface area contributed by atoms with E-state index in [0.29, 0.717) is 16.5 Å². The van der Waals surface area contributed by atoms with Gasteiger partial charge in [0.05, 0.1) is 17.8 Å². The van der Waals surface area contributed by atoms with Gasteiger partial charge in [-0.15, -0.1) is 0 Å². The Hall–Kier alpha value is -1.77. The largest absolute Gasteiger partial charge is 0.478 e. The minimum atomic E-state index is -0.754. The number of halogens is 1. The van der Waals surface area contributed by atoms with Crippen molar-refractivity contribution in [1.82, 2.24) is 0 Å². The zero-order chi connectivity index (χ0) is 12.4. The third-order valence-corrected chi connectivity index (χ3v) is 2.63. The molecule has 0 radical (unpaired) electrons. The predicted molar refractivity (Wildman–Crippen MR) is 62.7 cm³/mol. The Labute approximate surface area is 103 Å². The van der Waals surface area contributed by atoms with E-state index in [-0.39, 0.29) is 12.3 Å². The van der Waals surface area contributed by atoms with Gasteiger partial charge in [-0.05, 0) is 12.1 Å². The first-order valence-electron chi connectivity index (χ1n) is 5.02. The number of hydrogen-bond donors (Lipinski definition) is 2. The van der Waals surface area contributed by atoms with Gasteiger partial charge in [0, 0.05) is 17.5 Å². The van der Waals surface area contributed by atoms with E-state index in [1.54, 1.807) is 18.2 Å². The molecule has 17 heavy (non-hydrogen) atoms. The molecule has 1 aliphatic heterocycles. The van der Waals surface area contributed by atoms with Crippen LogP contribution in [0.25, 0.3) is 0 Å². The molecule has 0 saturated carbocycles. The first-order valence-corrected chi connectivity index (χ1v) is 5.40. The van der Waals surface area contributed by atoms with Crippen LogP contribution in [0, 0.1) is 11.3 Å². The van der Waals surface area contributed by atoms with E-state index < -0.39 is 12.1 Å². The van der Waals surface area contributed by atoms with Crippen molar-refractivity contribution < 1.29 is 9.53 Å². The van der Waals surface area contributed by atoms with E-state index in [4.69, 9.17) is 27.3 Å². The van der Waals surface area contributed by atoms with Gasteiger partial charge in [-0.25, -0.2) is 0 Å². The number of nitriles is 1. The molecule has 0 aliphatic carbocycles. The summed E-state index contributed by atoms with van der Waals surface area (Å²) in [4.78, 5) is 11.7. The topological polar surface area (TPSA) is 88.1 Å². The van der Waals surface area contributed by atoms with Crippen LogP contribution in [-0.2, 0) is 4.79 Å². The number of carbonyl (C=O) groups excluding carboxylic acids is 1. The molecule has 1 aromatic rings. The maximum atomic E-state index is 11.7. The first kappa shape index (κ1) is 11.7. The van der Waals surface area contributed by atoms with Gasteiger partial charge in [0.2, 0.25) is 0 Å². The van der Waals surface area contributed by atoms with Gasteiger partial charge < -0.3 is 15.8 Å². The van der Waals surface area contributed by atoms with Crippen LogP contribution in [0.1, 0.15) is 6.42 Å². The lowest BCUT2D eigenvalue weighted by atomic mass is 10.1. The minimum Gasteiger partial charge on any atom is -0.478 e. The molecule has 0 unspecified atom stereocenters. The predicted octanol–water partition coefficient (Wildman–Crippen LogP) is 1.28. The Balaban J connectivity index is 2.20. The number of carbonyl (C=O) groups is 1. The van der Waals surface area contributed by atoms with Gasteiger partial charge in [0.25, 0.3) is 5.91 Å². The van der Waals surface area contributed by atoms with Crippen molar-refractivity contribution >= 4 is 23.2 Å². The molecule has 5 nitrogen and oxygen atoms in total. The molecule has 0 aromatic heterocycles. The highest BCUT2D eigenvalue weighted by Crippen LogP contribution is 2.32. The monoisotopic (exact) mass is 251 g/mol. The van der Waals surface area contributed by atoms with Gasteiger partial charge in [0.1, 0.15) is 5.75 Å². The number of ether oxygens (including phenoxy) is 1. The van der Waals surface area contributed by atoms with Crippen LogP contribution in [0.4, 0.5) is 5.69 Å². The summed E-state index contributed by atoms with van der Waals surface area (Å²) in [5.74, 6) is 0.192. The molecular weight excluding hydrogens is 242 g/mol. The molecule has 3 N–H and O–H groups in total. The van der Waals surface area contributed by atoms with Crippen molar-refractivity contribution in [3.05, 3.63) is 23.2 Å². The fourth-order valence-electron chi connectivity index (χ4n) is 1.56. The molecule has 88 valence electrons. The molecule has 1 aliphatic rings. The van der Waals surface area contributed by atoms with Crippen molar-refractivity contribution in [3.63, 3.8) is 0 Å².